The second-order valence-electron chi connectivity index (χ2n) is 5.01. The molecule has 5 heteroatoms. The van der Waals surface area contributed by atoms with Crippen LogP contribution in [-0.4, -0.2) is 48.6 Å². The number of hydrazine groups is 1. The molecule has 0 bridgehead atoms. The van der Waals surface area contributed by atoms with Gasteiger partial charge in [-0.1, -0.05) is 18.5 Å². The molecule has 1 heterocycles. The van der Waals surface area contributed by atoms with Gasteiger partial charge in [-0.15, -0.1) is 0 Å². The number of likely N-dealkylation sites (N-methyl/N-ethyl adjacent to an activating group) is 2. The average Bonchev–Trinajstić information content (AvgIpc) is 2.42. The van der Waals surface area contributed by atoms with Crippen molar-refractivity contribution in [2.45, 2.75) is 6.92 Å². The molecule has 0 aliphatic heterocycles. The van der Waals surface area contributed by atoms with E-state index in [2.05, 4.69) is 41.3 Å². The molecule has 0 atom stereocenters. The summed E-state index contributed by atoms with van der Waals surface area (Å²) in [5.74, 6) is 0. The fourth-order valence-corrected chi connectivity index (χ4v) is 2.17. The minimum absolute atomic E-state index is 0.710. The molecule has 0 fully saturated rings. The van der Waals surface area contributed by atoms with Gasteiger partial charge in [0.05, 0.1) is 11.2 Å². The van der Waals surface area contributed by atoms with Crippen LogP contribution in [-0.2, 0) is 0 Å². The number of halogens is 1. The van der Waals surface area contributed by atoms with Crippen LogP contribution in [0.1, 0.15) is 6.92 Å². The molecule has 108 valence electrons. The number of nitrogens with one attached hydrogen (secondary N) is 1. The monoisotopic (exact) mass is 292 g/mol. The largest absolute Gasteiger partial charge is 0.318 e. The van der Waals surface area contributed by atoms with Crippen molar-refractivity contribution in [3.63, 3.8) is 0 Å². The number of anilines is 1. The van der Waals surface area contributed by atoms with Crippen molar-refractivity contribution >= 4 is 28.2 Å². The van der Waals surface area contributed by atoms with Crippen molar-refractivity contribution in [1.29, 1.82) is 0 Å². The van der Waals surface area contributed by atoms with Crippen LogP contribution in [0.4, 0.5) is 5.69 Å². The summed E-state index contributed by atoms with van der Waals surface area (Å²) >= 11 is 6.01. The third-order valence-electron chi connectivity index (χ3n) is 3.18. The van der Waals surface area contributed by atoms with Gasteiger partial charge < -0.3 is 10.3 Å². The summed E-state index contributed by atoms with van der Waals surface area (Å²) in [5, 5.41) is 3.99. The molecule has 2 aromatic rings. The Labute approximate surface area is 125 Å². The van der Waals surface area contributed by atoms with Crippen molar-refractivity contribution in [3.05, 3.63) is 35.5 Å². The van der Waals surface area contributed by atoms with E-state index in [4.69, 9.17) is 11.6 Å². The first-order valence-corrected chi connectivity index (χ1v) is 7.18. The highest BCUT2D eigenvalue weighted by Crippen LogP contribution is 2.24. The second kappa shape index (κ2) is 6.88. The van der Waals surface area contributed by atoms with Crippen LogP contribution in [0.2, 0.25) is 5.02 Å². The van der Waals surface area contributed by atoms with Crippen LogP contribution in [0.15, 0.2) is 30.5 Å². The maximum Gasteiger partial charge on any atom is 0.0738 e. The Bertz CT molecular complexity index is 571. The molecule has 4 nitrogen and oxygen atoms in total. The third-order valence-corrected chi connectivity index (χ3v) is 3.42. The third kappa shape index (κ3) is 3.82. The van der Waals surface area contributed by atoms with Crippen molar-refractivity contribution < 1.29 is 0 Å². The number of nitrogens with zero attached hydrogens (tertiary/aromatic N) is 3. The number of aromatic nitrogens is 1. The molecule has 0 unspecified atom stereocenters. The van der Waals surface area contributed by atoms with Crippen LogP contribution >= 0.6 is 11.6 Å². The molecule has 0 aliphatic carbocycles. The maximum atomic E-state index is 6.01. The zero-order chi connectivity index (χ0) is 14.5. The van der Waals surface area contributed by atoms with Crippen molar-refractivity contribution in [2.24, 2.45) is 0 Å². The van der Waals surface area contributed by atoms with Gasteiger partial charge in [-0.2, -0.15) is 0 Å². The highest BCUT2D eigenvalue weighted by atomic mass is 35.5. The lowest BCUT2D eigenvalue weighted by molar-refractivity contribution is 0.290. The Morgan fingerprint density at radius 3 is 2.70 bits per heavy atom. The predicted octanol–water partition coefficient (Wildman–Crippen LogP) is 3.10. The van der Waals surface area contributed by atoms with E-state index in [9.17, 15) is 0 Å². The first-order chi connectivity index (χ1) is 9.60. The molecule has 2 rings (SSSR count). The molecule has 0 radical (unpaired) electrons. The van der Waals surface area contributed by atoms with E-state index in [1.807, 2.05) is 24.3 Å². The van der Waals surface area contributed by atoms with Crippen LogP contribution in [0.25, 0.3) is 10.9 Å². The van der Waals surface area contributed by atoms with Crippen LogP contribution in [0.3, 0.4) is 0 Å². The molecular weight excluding hydrogens is 272 g/mol. The van der Waals surface area contributed by atoms with Crippen LogP contribution < -0.4 is 5.43 Å². The van der Waals surface area contributed by atoms with E-state index >= 15 is 0 Å². The fourth-order valence-electron chi connectivity index (χ4n) is 2.00. The summed E-state index contributed by atoms with van der Waals surface area (Å²) in [6.45, 7) is 5.05. The highest BCUT2D eigenvalue weighted by molar-refractivity contribution is 6.31. The van der Waals surface area contributed by atoms with Crippen LogP contribution in [0.5, 0.6) is 0 Å². The normalized spacial score (nSPS) is 11.5. The molecule has 0 amide bonds. The minimum Gasteiger partial charge on any atom is -0.318 e. The predicted molar refractivity (Wildman–Crippen MR) is 86.2 cm³/mol. The smallest absolute Gasteiger partial charge is 0.0738 e. The highest BCUT2D eigenvalue weighted by Gasteiger charge is 2.07. The summed E-state index contributed by atoms with van der Waals surface area (Å²) < 4.78 is 0. The Morgan fingerprint density at radius 1 is 1.20 bits per heavy atom. The summed E-state index contributed by atoms with van der Waals surface area (Å²) in [6.07, 6.45) is 1.81. The fraction of sp³-hybridized carbons (Fsp3) is 0.400. The number of pyridine rings is 1. The number of benzene rings is 1. The van der Waals surface area contributed by atoms with Crippen molar-refractivity contribution in [3.8, 4) is 0 Å². The second-order valence-corrected chi connectivity index (χ2v) is 5.45. The molecule has 1 N–H and O–H groups in total. The van der Waals surface area contributed by atoms with Gasteiger partial charge in [-0.05, 0) is 38.4 Å². The lowest BCUT2D eigenvalue weighted by atomic mass is 10.2. The Morgan fingerprint density at radius 2 is 2.00 bits per heavy atom. The standard InChI is InChI=1S/C15H21ClN4/c1-4-20(10-9-19(2)3)18-14-7-8-17-15-11-12(16)5-6-13(14)15/h5-8,11H,4,9-10H2,1-3H3,(H,17,18). The number of hydrogen-bond donors (Lipinski definition) is 1. The molecule has 0 saturated heterocycles. The SMILES string of the molecule is CCN(CCN(C)C)Nc1ccnc2cc(Cl)ccc12. The van der Waals surface area contributed by atoms with E-state index in [1.54, 1.807) is 6.20 Å². The van der Waals surface area contributed by atoms with E-state index in [1.165, 1.54) is 0 Å². The summed E-state index contributed by atoms with van der Waals surface area (Å²) in [5.41, 5.74) is 5.44. The van der Waals surface area contributed by atoms with Gasteiger partial charge in [-0.3, -0.25) is 4.98 Å². The summed E-state index contributed by atoms with van der Waals surface area (Å²) in [4.78, 5) is 6.53. The maximum absolute atomic E-state index is 6.01. The van der Waals surface area contributed by atoms with E-state index in [0.717, 1.165) is 36.2 Å². The van der Waals surface area contributed by atoms with Gasteiger partial charge in [0.15, 0.2) is 0 Å². The molecule has 1 aromatic heterocycles. The topological polar surface area (TPSA) is 31.4 Å². The Kier molecular flexibility index (Phi) is 5.17. The van der Waals surface area contributed by atoms with E-state index < -0.39 is 0 Å². The minimum atomic E-state index is 0.710. The molecular formula is C15H21ClN4. The van der Waals surface area contributed by atoms with Gasteiger partial charge in [0, 0.05) is 36.2 Å². The van der Waals surface area contributed by atoms with Crippen molar-refractivity contribution in [2.75, 3.05) is 39.2 Å². The van der Waals surface area contributed by atoms with E-state index in [0.29, 0.717) is 5.02 Å². The molecule has 1 aromatic carbocycles. The van der Waals surface area contributed by atoms with Gasteiger partial charge >= 0.3 is 0 Å². The van der Waals surface area contributed by atoms with Gasteiger partial charge in [0.2, 0.25) is 0 Å². The summed E-state index contributed by atoms with van der Waals surface area (Å²) in [7, 11) is 4.16. The van der Waals surface area contributed by atoms with E-state index in [-0.39, 0.29) is 0 Å². The zero-order valence-electron chi connectivity index (χ0n) is 12.2. The first kappa shape index (κ1) is 15.0. The first-order valence-electron chi connectivity index (χ1n) is 6.80. The Hall–Kier alpha value is -1.36. The molecule has 0 saturated carbocycles. The molecule has 20 heavy (non-hydrogen) atoms. The quantitative estimate of drug-likeness (QED) is 0.829. The summed E-state index contributed by atoms with van der Waals surface area (Å²) in [6, 6.07) is 7.78. The lowest BCUT2D eigenvalue weighted by Crippen LogP contribution is -2.35. The molecule has 0 spiro atoms. The van der Waals surface area contributed by atoms with Gasteiger partial charge in [-0.25, -0.2) is 5.01 Å². The number of hydrogen-bond acceptors (Lipinski definition) is 4. The number of rotatable bonds is 6. The Balaban J connectivity index is 2.19. The molecule has 0 aliphatic rings. The number of fused-ring (bicyclic) bond motifs is 1. The van der Waals surface area contributed by atoms with Crippen LogP contribution in [0, 0.1) is 0 Å². The lowest BCUT2D eigenvalue weighted by Gasteiger charge is -2.25. The van der Waals surface area contributed by atoms with Gasteiger partial charge in [0.1, 0.15) is 0 Å². The van der Waals surface area contributed by atoms with Gasteiger partial charge in [0.25, 0.3) is 0 Å². The zero-order valence-corrected chi connectivity index (χ0v) is 13.0. The average molecular weight is 293 g/mol. The van der Waals surface area contributed by atoms with Crippen molar-refractivity contribution in [1.82, 2.24) is 14.9 Å².